The smallest absolute Gasteiger partial charge is 0.407 e. The van der Waals surface area contributed by atoms with E-state index in [2.05, 4.69) is 29.6 Å². The maximum atomic E-state index is 13.5. The van der Waals surface area contributed by atoms with Crippen LogP contribution in [0.5, 0.6) is 0 Å². The maximum Gasteiger partial charge on any atom is 0.407 e. The third-order valence-electron chi connectivity index (χ3n) is 5.36. The van der Waals surface area contributed by atoms with Gasteiger partial charge in [0.25, 0.3) is 0 Å². The number of hydrogen-bond acceptors (Lipinski definition) is 2. The molecule has 0 bridgehead atoms. The molecule has 30 heavy (non-hydrogen) atoms. The van der Waals surface area contributed by atoms with Gasteiger partial charge in [-0.05, 0) is 40.8 Å². The molecule has 3 nitrogen and oxygen atoms in total. The number of halogens is 2. The normalized spacial score (nSPS) is 12.6. The zero-order valence-electron chi connectivity index (χ0n) is 16.5. The third kappa shape index (κ3) is 3.96. The first-order valence-corrected chi connectivity index (χ1v) is 10.1. The molecule has 1 aliphatic rings. The SMILES string of the molecule is Cc1c(F)ccc(C=CCNC(=O)OCC2c3ccccc3-c3ccccc32)c1Cl. The lowest BCUT2D eigenvalue weighted by molar-refractivity contribution is 0.144. The van der Waals surface area contributed by atoms with Crippen molar-refractivity contribution in [3.63, 3.8) is 0 Å². The van der Waals surface area contributed by atoms with E-state index in [9.17, 15) is 9.18 Å². The Kier molecular flexibility index (Phi) is 5.86. The minimum absolute atomic E-state index is 0.0275. The van der Waals surface area contributed by atoms with Crippen molar-refractivity contribution in [1.82, 2.24) is 5.32 Å². The predicted molar refractivity (Wildman–Crippen MR) is 118 cm³/mol. The minimum atomic E-state index is -0.483. The van der Waals surface area contributed by atoms with Crippen molar-refractivity contribution in [1.29, 1.82) is 0 Å². The molecule has 3 aromatic carbocycles. The molecular formula is C25H21ClFNO2. The molecule has 3 aromatic rings. The van der Waals surface area contributed by atoms with E-state index in [0.717, 1.165) is 0 Å². The summed E-state index contributed by atoms with van der Waals surface area (Å²) in [4.78, 5) is 12.2. The Labute approximate surface area is 180 Å². The van der Waals surface area contributed by atoms with Crippen LogP contribution in [-0.4, -0.2) is 19.2 Å². The molecule has 0 fully saturated rings. The molecule has 0 aromatic heterocycles. The quantitative estimate of drug-likeness (QED) is 0.522. The van der Waals surface area contributed by atoms with E-state index < -0.39 is 6.09 Å². The first kappa shape index (κ1) is 20.2. The Morgan fingerprint density at radius 1 is 1.07 bits per heavy atom. The van der Waals surface area contributed by atoms with Crippen LogP contribution in [0.3, 0.4) is 0 Å². The van der Waals surface area contributed by atoms with Gasteiger partial charge in [-0.2, -0.15) is 0 Å². The molecule has 0 saturated carbocycles. The molecule has 0 unspecified atom stereocenters. The average Bonchev–Trinajstić information content (AvgIpc) is 3.09. The van der Waals surface area contributed by atoms with Gasteiger partial charge in [0.1, 0.15) is 12.4 Å². The summed E-state index contributed by atoms with van der Waals surface area (Å²) in [6.07, 6.45) is 3.02. The largest absolute Gasteiger partial charge is 0.449 e. The van der Waals surface area contributed by atoms with Crippen LogP contribution in [0.2, 0.25) is 5.02 Å². The van der Waals surface area contributed by atoms with Gasteiger partial charge in [0.15, 0.2) is 0 Å². The van der Waals surface area contributed by atoms with Crippen LogP contribution in [-0.2, 0) is 4.74 Å². The fourth-order valence-corrected chi connectivity index (χ4v) is 4.01. The first-order chi connectivity index (χ1) is 14.6. The van der Waals surface area contributed by atoms with Crippen LogP contribution in [0.4, 0.5) is 9.18 Å². The van der Waals surface area contributed by atoms with Crippen molar-refractivity contribution in [2.75, 3.05) is 13.2 Å². The highest BCUT2D eigenvalue weighted by Crippen LogP contribution is 2.44. The summed E-state index contributed by atoms with van der Waals surface area (Å²) in [5.74, 6) is -0.311. The number of amides is 1. The molecule has 152 valence electrons. The van der Waals surface area contributed by atoms with Crippen LogP contribution in [0.1, 0.15) is 28.2 Å². The maximum absolute atomic E-state index is 13.5. The molecule has 0 spiro atoms. The van der Waals surface area contributed by atoms with Gasteiger partial charge in [0.2, 0.25) is 0 Å². The van der Waals surface area contributed by atoms with E-state index in [1.807, 2.05) is 24.3 Å². The number of hydrogen-bond donors (Lipinski definition) is 1. The molecule has 0 saturated heterocycles. The summed E-state index contributed by atoms with van der Waals surface area (Å²) in [6, 6.07) is 19.4. The lowest BCUT2D eigenvalue weighted by atomic mass is 9.98. The van der Waals surface area contributed by atoms with Crippen molar-refractivity contribution in [3.8, 4) is 11.1 Å². The molecule has 0 atom stereocenters. The van der Waals surface area contributed by atoms with E-state index >= 15 is 0 Å². The summed E-state index contributed by atoms with van der Waals surface area (Å²) in [7, 11) is 0. The van der Waals surface area contributed by atoms with Gasteiger partial charge in [-0.25, -0.2) is 9.18 Å². The number of carbonyl (C=O) groups is 1. The van der Waals surface area contributed by atoms with Gasteiger partial charge in [-0.3, -0.25) is 0 Å². The Morgan fingerprint density at radius 3 is 2.37 bits per heavy atom. The molecule has 0 aliphatic heterocycles. The predicted octanol–water partition coefficient (Wildman–Crippen LogP) is 6.34. The lowest BCUT2D eigenvalue weighted by Crippen LogP contribution is -2.26. The van der Waals surface area contributed by atoms with E-state index in [4.69, 9.17) is 16.3 Å². The van der Waals surface area contributed by atoms with Crippen molar-refractivity contribution in [3.05, 3.63) is 99.8 Å². The Balaban J connectivity index is 1.34. The summed E-state index contributed by atoms with van der Waals surface area (Å²) >= 11 is 6.14. The van der Waals surface area contributed by atoms with E-state index in [-0.39, 0.29) is 24.9 Å². The van der Waals surface area contributed by atoms with Gasteiger partial charge in [-0.1, -0.05) is 78.4 Å². The van der Waals surface area contributed by atoms with Crippen LogP contribution >= 0.6 is 11.6 Å². The monoisotopic (exact) mass is 421 g/mol. The topological polar surface area (TPSA) is 38.3 Å². The second-order valence-corrected chi connectivity index (χ2v) is 7.56. The van der Waals surface area contributed by atoms with Gasteiger partial charge in [-0.15, -0.1) is 0 Å². The van der Waals surface area contributed by atoms with Crippen LogP contribution in [0.15, 0.2) is 66.7 Å². The number of alkyl carbamates (subject to hydrolysis) is 1. The zero-order chi connectivity index (χ0) is 21.1. The van der Waals surface area contributed by atoms with Crippen LogP contribution < -0.4 is 5.32 Å². The second-order valence-electron chi connectivity index (χ2n) is 7.18. The molecule has 0 heterocycles. The fraction of sp³-hybridized carbons (Fsp3) is 0.160. The van der Waals surface area contributed by atoms with E-state index in [0.29, 0.717) is 16.1 Å². The standard InChI is InChI=1S/C25H21ClFNO2/c1-16-23(27)13-12-17(24(16)26)7-6-14-28-25(29)30-15-22-20-10-4-2-8-18(20)19-9-3-5-11-21(19)22/h2-13,22H,14-15H2,1H3,(H,28,29). The van der Waals surface area contributed by atoms with Gasteiger partial charge in [0.05, 0.1) is 5.02 Å². The molecule has 5 heteroatoms. The molecular weight excluding hydrogens is 401 g/mol. The Hall–Kier alpha value is -3.11. The summed E-state index contributed by atoms with van der Waals surface area (Å²) in [5, 5.41) is 3.07. The van der Waals surface area contributed by atoms with Crippen LogP contribution in [0.25, 0.3) is 17.2 Å². The number of rotatable bonds is 5. The van der Waals surface area contributed by atoms with Gasteiger partial charge >= 0.3 is 6.09 Å². The number of fused-ring (bicyclic) bond motifs is 3. The fourth-order valence-electron chi connectivity index (χ4n) is 3.79. The number of nitrogens with one attached hydrogen (secondary N) is 1. The van der Waals surface area contributed by atoms with Crippen molar-refractivity contribution >= 4 is 23.8 Å². The summed E-state index contributed by atoms with van der Waals surface area (Å²) in [6.45, 7) is 2.18. The highest BCUT2D eigenvalue weighted by atomic mass is 35.5. The lowest BCUT2D eigenvalue weighted by Gasteiger charge is -2.14. The van der Waals surface area contributed by atoms with Crippen molar-refractivity contribution < 1.29 is 13.9 Å². The van der Waals surface area contributed by atoms with Crippen LogP contribution in [0, 0.1) is 12.7 Å². The molecule has 1 N–H and O–H groups in total. The highest BCUT2D eigenvalue weighted by Gasteiger charge is 2.28. The Bertz CT molecular complexity index is 1080. The number of ether oxygens (including phenoxy) is 1. The molecule has 1 amide bonds. The minimum Gasteiger partial charge on any atom is -0.449 e. The molecule has 0 radical (unpaired) electrons. The second kappa shape index (κ2) is 8.72. The molecule has 1 aliphatic carbocycles. The van der Waals surface area contributed by atoms with Gasteiger partial charge in [0, 0.05) is 18.0 Å². The first-order valence-electron chi connectivity index (χ1n) is 9.76. The summed E-state index contributed by atoms with van der Waals surface area (Å²) < 4.78 is 19.0. The van der Waals surface area contributed by atoms with E-state index in [1.54, 1.807) is 25.1 Å². The molecule has 4 rings (SSSR count). The average molecular weight is 422 g/mol. The van der Waals surface area contributed by atoms with Gasteiger partial charge < -0.3 is 10.1 Å². The zero-order valence-corrected chi connectivity index (χ0v) is 17.2. The summed E-state index contributed by atoms with van der Waals surface area (Å²) in [5.41, 5.74) is 5.83. The Morgan fingerprint density at radius 2 is 1.70 bits per heavy atom. The van der Waals surface area contributed by atoms with Crippen molar-refractivity contribution in [2.45, 2.75) is 12.8 Å². The van der Waals surface area contributed by atoms with E-state index in [1.165, 1.54) is 28.3 Å². The third-order valence-corrected chi connectivity index (χ3v) is 5.86. The number of benzene rings is 3. The van der Waals surface area contributed by atoms with Crippen molar-refractivity contribution in [2.24, 2.45) is 0 Å². The highest BCUT2D eigenvalue weighted by molar-refractivity contribution is 6.32. The number of carbonyl (C=O) groups excluding carboxylic acids is 1.